The first-order valence-corrected chi connectivity index (χ1v) is 8.40. The summed E-state index contributed by atoms with van der Waals surface area (Å²) in [4.78, 5) is 16.9. The third-order valence-electron chi connectivity index (χ3n) is 4.60. The average Bonchev–Trinajstić information content (AvgIpc) is 3.14. The fourth-order valence-electron chi connectivity index (χ4n) is 3.26. The van der Waals surface area contributed by atoms with Gasteiger partial charge in [0.15, 0.2) is 0 Å². The Kier molecular flexibility index (Phi) is 4.50. The van der Waals surface area contributed by atoms with Crippen molar-refractivity contribution in [3.8, 4) is 0 Å². The van der Waals surface area contributed by atoms with Crippen molar-refractivity contribution in [2.45, 2.75) is 65.0 Å². The molecule has 3 rings (SSSR count). The molecule has 124 valence electrons. The van der Waals surface area contributed by atoms with Crippen LogP contribution < -0.4 is 5.32 Å². The van der Waals surface area contributed by atoms with Crippen LogP contribution in [-0.2, 0) is 13.0 Å². The number of imidazole rings is 1. The molecule has 6 nitrogen and oxygen atoms in total. The van der Waals surface area contributed by atoms with Gasteiger partial charge in [-0.05, 0) is 26.2 Å². The maximum atomic E-state index is 12.4. The molecule has 0 saturated heterocycles. The van der Waals surface area contributed by atoms with E-state index >= 15 is 0 Å². The van der Waals surface area contributed by atoms with Gasteiger partial charge in [0, 0.05) is 37.2 Å². The van der Waals surface area contributed by atoms with Gasteiger partial charge in [-0.2, -0.15) is 0 Å². The van der Waals surface area contributed by atoms with Crippen LogP contribution in [0.3, 0.4) is 0 Å². The molecule has 1 aliphatic rings. The number of aryl methyl sites for hydroxylation is 2. The largest absolute Gasteiger partial charge is 0.351 e. The second-order valence-electron chi connectivity index (χ2n) is 6.29. The molecule has 0 aliphatic carbocycles. The molecule has 2 aromatic rings. The monoisotopic (exact) mass is 316 g/mol. The van der Waals surface area contributed by atoms with Gasteiger partial charge in [-0.25, -0.2) is 4.98 Å². The summed E-state index contributed by atoms with van der Waals surface area (Å²) in [5.41, 5.74) is 1.90. The van der Waals surface area contributed by atoms with Crippen LogP contribution >= 0.6 is 0 Å². The maximum Gasteiger partial charge on any atom is 0.290 e. The van der Waals surface area contributed by atoms with Gasteiger partial charge in [0.2, 0.25) is 5.76 Å². The first-order chi connectivity index (χ1) is 11.1. The number of aromatic nitrogens is 3. The lowest BCUT2D eigenvalue weighted by Gasteiger charge is -2.24. The zero-order valence-corrected chi connectivity index (χ0v) is 14.0. The maximum absolute atomic E-state index is 12.4. The smallest absolute Gasteiger partial charge is 0.290 e. The number of carbonyl (C=O) groups is 1. The van der Waals surface area contributed by atoms with Crippen molar-refractivity contribution in [1.82, 2.24) is 20.0 Å². The van der Waals surface area contributed by atoms with Crippen LogP contribution in [0.5, 0.6) is 0 Å². The summed E-state index contributed by atoms with van der Waals surface area (Å²) in [6, 6.07) is 1.88. The van der Waals surface area contributed by atoms with E-state index in [2.05, 4.69) is 33.9 Å². The lowest BCUT2D eigenvalue weighted by molar-refractivity contribution is 0.0890. The molecular formula is C17H24N4O2. The lowest BCUT2D eigenvalue weighted by atomic mass is 9.99. The van der Waals surface area contributed by atoms with Gasteiger partial charge in [0.1, 0.15) is 5.82 Å². The molecule has 6 heteroatoms. The number of carbonyl (C=O) groups excluding carboxylic acids is 1. The summed E-state index contributed by atoms with van der Waals surface area (Å²) < 4.78 is 7.37. The molecule has 0 saturated carbocycles. The number of fused-ring (bicyclic) bond motifs is 1. The van der Waals surface area contributed by atoms with Gasteiger partial charge < -0.3 is 14.4 Å². The molecule has 0 fully saturated rings. The molecule has 0 radical (unpaired) electrons. The molecule has 0 spiro atoms. The molecule has 1 amide bonds. The lowest BCUT2D eigenvalue weighted by Crippen LogP contribution is -2.40. The molecule has 1 aliphatic heterocycles. The van der Waals surface area contributed by atoms with E-state index in [4.69, 9.17) is 4.52 Å². The SMILES string of the molecule is CCC(CC)c1cc(C(=O)N[C@@H]2CCc3nc(C)cn3C2)on1. The van der Waals surface area contributed by atoms with Crippen molar-refractivity contribution >= 4 is 5.91 Å². The van der Waals surface area contributed by atoms with Crippen LogP contribution in [0.25, 0.3) is 0 Å². The summed E-state index contributed by atoms with van der Waals surface area (Å²) >= 11 is 0. The van der Waals surface area contributed by atoms with Gasteiger partial charge in [-0.15, -0.1) is 0 Å². The Morgan fingerprint density at radius 3 is 3.00 bits per heavy atom. The van der Waals surface area contributed by atoms with E-state index in [0.29, 0.717) is 11.7 Å². The van der Waals surface area contributed by atoms with Crippen molar-refractivity contribution in [2.24, 2.45) is 0 Å². The predicted octanol–water partition coefficient (Wildman–Crippen LogP) is 2.83. The highest BCUT2D eigenvalue weighted by molar-refractivity contribution is 5.91. The van der Waals surface area contributed by atoms with E-state index < -0.39 is 0 Å². The Morgan fingerprint density at radius 2 is 2.26 bits per heavy atom. The van der Waals surface area contributed by atoms with Crippen LogP contribution in [0.4, 0.5) is 0 Å². The van der Waals surface area contributed by atoms with E-state index in [9.17, 15) is 4.79 Å². The predicted molar refractivity (Wildman–Crippen MR) is 86.4 cm³/mol. The average molecular weight is 316 g/mol. The zero-order valence-electron chi connectivity index (χ0n) is 14.0. The van der Waals surface area contributed by atoms with Crippen molar-refractivity contribution in [1.29, 1.82) is 0 Å². The summed E-state index contributed by atoms with van der Waals surface area (Å²) in [6.07, 6.45) is 5.81. The van der Waals surface area contributed by atoms with Crippen molar-refractivity contribution in [3.05, 3.63) is 35.2 Å². The van der Waals surface area contributed by atoms with Gasteiger partial charge in [-0.3, -0.25) is 4.79 Å². The first-order valence-electron chi connectivity index (χ1n) is 8.40. The topological polar surface area (TPSA) is 73.0 Å². The molecule has 2 aromatic heterocycles. The van der Waals surface area contributed by atoms with Gasteiger partial charge in [0.05, 0.1) is 11.4 Å². The van der Waals surface area contributed by atoms with Crippen LogP contribution in [0, 0.1) is 6.92 Å². The van der Waals surface area contributed by atoms with E-state index in [1.165, 1.54) is 0 Å². The van der Waals surface area contributed by atoms with E-state index in [-0.39, 0.29) is 11.9 Å². The highest BCUT2D eigenvalue weighted by Crippen LogP contribution is 2.22. The molecular weight excluding hydrogens is 292 g/mol. The molecule has 0 bridgehead atoms. The number of rotatable bonds is 5. The molecule has 3 heterocycles. The zero-order chi connectivity index (χ0) is 16.4. The molecule has 0 unspecified atom stereocenters. The molecule has 1 atom stereocenters. The van der Waals surface area contributed by atoms with Crippen LogP contribution in [0.2, 0.25) is 0 Å². The second-order valence-corrected chi connectivity index (χ2v) is 6.29. The minimum absolute atomic E-state index is 0.102. The highest BCUT2D eigenvalue weighted by Gasteiger charge is 2.24. The minimum Gasteiger partial charge on any atom is -0.351 e. The van der Waals surface area contributed by atoms with Gasteiger partial charge >= 0.3 is 0 Å². The first kappa shape index (κ1) is 15.8. The van der Waals surface area contributed by atoms with E-state index in [1.54, 1.807) is 6.07 Å². The number of nitrogens with one attached hydrogen (secondary N) is 1. The third-order valence-corrected chi connectivity index (χ3v) is 4.60. The third kappa shape index (κ3) is 3.30. The number of nitrogens with zero attached hydrogens (tertiary/aromatic N) is 3. The highest BCUT2D eigenvalue weighted by atomic mass is 16.5. The summed E-state index contributed by atoms with van der Waals surface area (Å²) in [5.74, 6) is 1.58. The van der Waals surface area contributed by atoms with Gasteiger partial charge in [-0.1, -0.05) is 19.0 Å². The van der Waals surface area contributed by atoms with Crippen molar-refractivity contribution in [2.75, 3.05) is 0 Å². The number of amides is 1. The quantitative estimate of drug-likeness (QED) is 0.920. The van der Waals surface area contributed by atoms with E-state index in [0.717, 1.165) is 49.4 Å². The molecule has 0 aromatic carbocycles. The Morgan fingerprint density at radius 1 is 1.48 bits per heavy atom. The Bertz CT molecular complexity index is 685. The Labute approximate surface area is 136 Å². The summed E-state index contributed by atoms with van der Waals surface area (Å²) in [7, 11) is 0. The van der Waals surface area contributed by atoms with Crippen LogP contribution in [0.1, 0.15) is 66.8 Å². The standard InChI is InChI=1S/C17H24N4O2/c1-4-12(5-2)14-8-15(23-20-14)17(22)19-13-6-7-16-18-11(3)9-21(16)10-13/h8-9,12-13H,4-7,10H2,1-3H3,(H,19,22)/t13-/m1/s1. The molecule has 23 heavy (non-hydrogen) atoms. The van der Waals surface area contributed by atoms with Crippen LogP contribution in [0.15, 0.2) is 16.8 Å². The van der Waals surface area contributed by atoms with Crippen molar-refractivity contribution < 1.29 is 9.32 Å². The molecule has 1 N–H and O–H groups in total. The Balaban J connectivity index is 1.64. The number of hydrogen-bond donors (Lipinski definition) is 1. The fourth-order valence-corrected chi connectivity index (χ4v) is 3.26. The number of hydrogen-bond acceptors (Lipinski definition) is 4. The summed E-state index contributed by atoms with van der Waals surface area (Å²) in [5, 5.41) is 7.11. The normalized spacial score (nSPS) is 17.3. The fraction of sp³-hybridized carbons (Fsp3) is 0.588. The second kappa shape index (κ2) is 6.56. The minimum atomic E-state index is -0.181. The van der Waals surface area contributed by atoms with Gasteiger partial charge in [0.25, 0.3) is 5.91 Å². The summed E-state index contributed by atoms with van der Waals surface area (Å²) in [6.45, 7) is 6.99. The van der Waals surface area contributed by atoms with E-state index in [1.807, 2.05) is 13.1 Å². The van der Waals surface area contributed by atoms with Crippen molar-refractivity contribution in [3.63, 3.8) is 0 Å². The Hall–Kier alpha value is -2.11. The van der Waals surface area contributed by atoms with Crippen LogP contribution in [-0.4, -0.2) is 26.7 Å².